The van der Waals surface area contributed by atoms with Gasteiger partial charge in [0.1, 0.15) is 0 Å². The van der Waals surface area contributed by atoms with Crippen LogP contribution in [0.5, 0.6) is 11.5 Å². The standard InChI is InChI=1S/C22H22BrN3O3S/c1-28-18-7-3-15(13-19(18)29-2)4-8-21(27)25-9-11-26(12-10-25)22-24-17-6-5-16(23)14-20(17)30-22/h3-8,13-14H,9-12H2,1-2H3/b8-4-. The number of amides is 1. The third kappa shape index (κ3) is 4.44. The van der Waals surface area contributed by atoms with Gasteiger partial charge >= 0.3 is 0 Å². The number of aromatic nitrogens is 1. The van der Waals surface area contributed by atoms with Crippen LogP contribution >= 0.6 is 27.3 Å². The Morgan fingerprint density at radius 1 is 1.07 bits per heavy atom. The lowest BCUT2D eigenvalue weighted by Gasteiger charge is -2.34. The predicted octanol–water partition coefficient (Wildman–Crippen LogP) is 4.44. The Balaban J connectivity index is 1.37. The lowest BCUT2D eigenvalue weighted by molar-refractivity contribution is -0.126. The van der Waals surface area contributed by atoms with E-state index in [1.54, 1.807) is 31.6 Å². The molecule has 0 aliphatic carbocycles. The first kappa shape index (κ1) is 20.7. The van der Waals surface area contributed by atoms with Gasteiger partial charge in [0.15, 0.2) is 16.6 Å². The molecule has 1 amide bonds. The zero-order valence-electron chi connectivity index (χ0n) is 16.8. The number of thiazole rings is 1. The molecule has 156 valence electrons. The number of fused-ring (bicyclic) bond motifs is 1. The van der Waals surface area contributed by atoms with Crippen molar-refractivity contribution < 1.29 is 14.3 Å². The number of methoxy groups -OCH3 is 2. The van der Waals surface area contributed by atoms with Crippen molar-refractivity contribution in [2.75, 3.05) is 45.3 Å². The van der Waals surface area contributed by atoms with Gasteiger partial charge in [-0.3, -0.25) is 4.79 Å². The summed E-state index contributed by atoms with van der Waals surface area (Å²) in [5.74, 6) is 1.32. The summed E-state index contributed by atoms with van der Waals surface area (Å²) in [6.07, 6.45) is 3.42. The van der Waals surface area contributed by atoms with E-state index >= 15 is 0 Å². The number of benzene rings is 2. The Labute approximate surface area is 187 Å². The summed E-state index contributed by atoms with van der Waals surface area (Å²) in [4.78, 5) is 21.5. The molecule has 0 atom stereocenters. The van der Waals surface area contributed by atoms with E-state index in [1.165, 1.54) is 0 Å². The van der Waals surface area contributed by atoms with Crippen LogP contribution in [0.3, 0.4) is 0 Å². The topological polar surface area (TPSA) is 54.9 Å². The summed E-state index contributed by atoms with van der Waals surface area (Å²) in [6.45, 7) is 2.90. The number of carbonyl (C=O) groups is 1. The van der Waals surface area contributed by atoms with Gasteiger partial charge in [-0.2, -0.15) is 0 Å². The minimum Gasteiger partial charge on any atom is -0.493 e. The van der Waals surface area contributed by atoms with Gasteiger partial charge in [0, 0.05) is 36.7 Å². The van der Waals surface area contributed by atoms with Crippen molar-refractivity contribution in [3.05, 3.63) is 52.5 Å². The number of carbonyl (C=O) groups excluding carboxylic acids is 1. The Kier molecular flexibility index (Phi) is 6.24. The number of anilines is 1. The summed E-state index contributed by atoms with van der Waals surface area (Å²) in [5.41, 5.74) is 1.90. The average Bonchev–Trinajstić information content (AvgIpc) is 3.20. The van der Waals surface area contributed by atoms with Crippen LogP contribution in [-0.2, 0) is 4.79 Å². The number of hydrogen-bond donors (Lipinski definition) is 0. The quantitative estimate of drug-likeness (QED) is 0.498. The highest BCUT2D eigenvalue weighted by Crippen LogP contribution is 2.31. The lowest BCUT2D eigenvalue weighted by Crippen LogP contribution is -2.48. The van der Waals surface area contributed by atoms with E-state index in [-0.39, 0.29) is 5.91 Å². The molecule has 1 aliphatic rings. The van der Waals surface area contributed by atoms with Crippen molar-refractivity contribution in [3.8, 4) is 11.5 Å². The molecular formula is C22H22BrN3O3S. The van der Waals surface area contributed by atoms with Gasteiger partial charge in [-0.25, -0.2) is 4.98 Å². The molecule has 0 N–H and O–H groups in total. The van der Waals surface area contributed by atoms with E-state index in [4.69, 9.17) is 14.5 Å². The third-order valence-electron chi connectivity index (χ3n) is 5.03. The average molecular weight is 488 g/mol. The lowest BCUT2D eigenvalue weighted by atomic mass is 10.2. The monoisotopic (exact) mass is 487 g/mol. The van der Waals surface area contributed by atoms with Gasteiger partial charge in [0.2, 0.25) is 5.91 Å². The molecule has 0 radical (unpaired) electrons. The van der Waals surface area contributed by atoms with Crippen LogP contribution < -0.4 is 14.4 Å². The minimum atomic E-state index is 0.0117. The second-order valence-corrected chi connectivity index (χ2v) is 8.79. The molecule has 6 nitrogen and oxygen atoms in total. The van der Waals surface area contributed by atoms with Crippen LogP contribution in [0.25, 0.3) is 16.3 Å². The molecule has 4 rings (SSSR count). The highest BCUT2D eigenvalue weighted by atomic mass is 79.9. The summed E-state index contributed by atoms with van der Waals surface area (Å²) < 4.78 is 12.8. The molecule has 1 aliphatic heterocycles. The molecule has 2 heterocycles. The maximum Gasteiger partial charge on any atom is 0.246 e. The van der Waals surface area contributed by atoms with Crippen LogP contribution in [0.1, 0.15) is 5.56 Å². The molecule has 0 unspecified atom stereocenters. The Morgan fingerprint density at radius 3 is 2.57 bits per heavy atom. The van der Waals surface area contributed by atoms with E-state index in [1.807, 2.05) is 41.3 Å². The van der Waals surface area contributed by atoms with Crippen molar-refractivity contribution in [2.45, 2.75) is 0 Å². The zero-order valence-corrected chi connectivity index (χ0v) is 19.2. The van der Waals surface area contributed by atoms with Crippen molar-refractivity contribution in [3.63, 3.8) is 0 Å². The number of piperazine rings is 1. The van der Waals surface area contributed by atoms with Crippen molar-refractivity contribution in [1.82, 2.24) is 9.88 Å². The molecule has 2 aromatic carbocycles. The van der Waals surface area contributed by atoms with E-state index in [0.29, 0.717) is 24.6 Å². The summed E-state index contributed by atoms with van der Waals surface area (Å²) >= 11 is 5.20. The Morgan fingerprint density at radius 2 is 1.83 bits per heavy atom. The number of halogens is 1. The minimum absolute atomic E-state index is 0.0117. The van der Waals surface area contributed by atoms with Crippen LogP contribution in [0.2, 0.25) is 0 Å². The van der Waals surface area contributed by atoms with E-state index in [0.717, 1.165) is 38.5 Å². The normalized spacial score (nSPS) is 14.5. The zero-order chi connectivity index (χ0) is 21.1. The first-order valence-electron chi connectivity index (χ1n) is 9.57. The molecular weight excluding hydrogens is 466 g/mol. The molecule has 3 aromatic rings. The second-order valence-electron chi connectivity index (χ2n) is 6.87. The molecule has 0 bridgehead atoms. The van der Waals surface area contributed by atoms with Crippen LogP contribution in [-0.4, -0.2) is 56.2 Å². The fourth-order valence-corrected chi connectivity index (χ4v) is 4.94. The van der Waals surface area contributed by atoms with Gasteiger partial charge in [-0.1, -0.05) is 33.3 Å². The van der Waals surface area contributed by atoms with Gasteiger partial charge < -0.3 is 19.3 Å². The number of rotatable bonds is 5. The van der Waals surface area contributed by atoms with Crippen molar-refractivity contribution >= 4 is 54.6 Å². The van der Waals surface area contributed by atoms with Gasteiger partial charge in [-0.15, -0.1) is 0 Å². The van der Waals surface area contributed by atoms with Crippen molar-refractivity contribution in [1.29, 1.82) is 0 Å². The maximum atomic E-state index is 12.6. The molecule has 1 saturated heterocycles. The van der Waals surface area contributed by atoms with Gasteiger partial charge in [0.05, 0.1) is 24.4 Å². The highest BCUT2D eigenvalue weighted by Gasteiger charge is 2.22. The van der Waals surface area contributed by atoms with Gasteiger partial charge in [0.25, 0.3) is 0 Å². The predicted molar refractivity (Wildman–Crippen MR) is 125 cm³/mol. The summed E-state index contributed by atoms with van der Waals surface area (Å²) in [5, 5.41) is 1.01. The Hall–Kier alpha value is -2.58. The molecule has 0 spiro atoms. The smallest absolute Gasteiger partial charge is 0.246 e. The molecule has 1 fully saturated rings. The maximum absolute atomic E-state index is 12.6. The number of hydrogen-bond acceptors (Lipinski definition) is 6. The van der Waals surface area contributed by atoms with E-state index in [9.17, 15) is 4.79 Å². The fourth-order valence-electron chi connectivity index (χ4n) is 3.37. The van der Waals surface area contributed by atoms with Crippen molar-refractivity contribution in [2.24, 2.45) is 0 Å². The van der Waals surface area contributed by atoms with Crippen LogP contribution in [0, 0.1) is 0 Å². The SMILES string of the molecule is COc1ccc(/C=C\C(=O)N2CCN(c3nc4ccc(Br)cc4s3)CC2)cc1OC. The largest absolute Gasteiger partial charge is 0.493 e. The number of ether oxygens (including phenoxy) is 2. The first-order chi connectivity index (χ1) is 14.6. The second kappa shape index (κ2) is 9.06. The number of nitrogens with zero attached hydrogens (tertiary/aromatic N) is 3. The summed E-state index contributed by atoms with van der Waals surface area (Å²) in [6, 6.07) is 11.7. The Bertz CT molecular complexity index is 1090. The molecule has 8 heteroatoms. The van der Waals surface area contributed by atoms with Gasteiger partial charge in [-0.05, 0) is 42.0 Å². The highest BCUT2D eigenvalue weighted by molar-refractivity contribution is 9.10. The van der Waals surface area contributed by atoms with E-state index < -0.39 is 0 Å². The van der Waals surface area contributed by atoms with E-state index in [2.05, 4.69) is 26.9 Å². The first-order valence-corrected chi connectivity index (χ1v) is 11.2. The van der Waals surface area contributed by atoms with Crippen LogP contribution in [0.4, 0.5) is 5.13 Å². The fraction of sp³-hybridized carbons (Fsp3) is 0.273. The summed E-state index contributed by atoms with van der Waals surface area (Å²) in [7, 11) is 3.20. The third-order valence-corrected chi connectivity index (χ3v) is 6.60. The van der Waals surface area contributed by atoms with Crippen LogP contribution in [0.15, 0.2) is 46.9 Å². The molecule has 30 heavy (non-hydrogen) atoms. The molecule has 1 aromatic heterocycles. The molecule has 0 saturated carbocycles.